The van der Waals surface area contributed by atoms with E-state index in [-0.39, 0.29) is 6.61 Å². The molecule has 0 aromatic heterocycles. The first-order valence-corrected chi connectivity index (χ1v) is 3.19. The highest BCUT2D eigenvalue weighted by Gasteiger charge is 2.36. The van der Waals surface area contributed by atoms with Crippen LogP contribution < -0.4 is 5.32 Å². The van der Waals surface area contributed by atoms with Gasteiger partial charge in [-0.15, -0.1) is 0 Å². The van der Waals surface area contributed by atoms with Crippen molar-refractivity contribution in [2.75, 3.05) is 13.2 Å². The first-order chi connectivity index (χ1) is 5.18. The molecule has 5 heteroatoms. The third-order valence-corrected chi connectivity index (χ3v) is 1.58. The van der Waals surface area contributed by atoms with Gasteiger partial charge in [0.15, 0.2) is 5.54 Å². The molecule has 1 rings (SSSR count). The zero-order valence-corrected chi connectivity index (χ0v) is 5.83. The van der Waals surface area contributed by atoms with Crippen LogP contribution in [-0.2, 0) is 4.74 Å². The molecule has 1 unspecified atom stereocenters. The minimum Gasteiger partial charge on any atom is -0.465 e. The molecule has 0 saturated carbocycles. The van der Waals surface area contributed by atoms with Crippen molar-refractivity contribution in [1.82, 2.24) is 5.32 Å². The standard InChI is InChI=1S/C6H8N2O3/c7-3-6(8-5(9)10)1-2-11-4-6/h8H,1-2,4H2,(H,9,10). The third kappa shape index (κ3) is 1.59. The molecular weight excluding hydrogens is 148 g/mol. The van der Waals surface area contributed by atoms with Crippen LogP contribution in [0.1, 0.15) is 6.42 Å². The highest BCUT2D eigenvalue weighted by atomic mass is 16.5. The van der Waals surface area contributed by atoms with E-state index >= 15 is 0 Å². The molecule has 0 spiro atoms. The van der Waals surface area contributed by atoms with Gasteiger partial charge in [0.25, 0.3) is 0 Å². The van der Waals surface area contributed by atoms with Gasteiger partial charge < -0.3 is 15.2 Å². The van der Waals surface area contributed by atoms with Crippen LogP contribution in [0.3, 0.4) is 0 Å². The zero-order valence-electron chi connectivity index (χ0n) is 5.83. The summed E-state index contributed by atoms with van der Waals surface area (Å²) in [6, 6.07) is 1.89. The van der Waals surface area contributed by atoms with Crippen molar-refractivity contribution in [1.29, 1.82) is 5.26 Å². The highest BCUT2D eigenvalue weighted by molar-refractivity contribution is 5.66. The second-order valence-electron chi connectivity index (χ2n) is 2.43. The van der Waals surface area contributed by atoms with Crippen LogP contribution in [0.5, 0.6) is 0 Å². The molecule has 5 nitrogen and oxygen atoms in total. The van der Waals surface area contributed by atoms with Crippen molar-refractivity contribution >= 4 is 6.09 Å². The molecule has 0 radical (unpaired) electrons. The maximum atomic E-state index is 10.2. The predicted octanol–water partition coefficient (Wildman–Crippen LogP) is -0.0633. The van der Waals surface area contributed by atoms with E-state index in [9.17, 15) is 4.79 Å². The monoisotopic (exact) mass is 156 g/mol. The molecular formula is C6H8N2O3. The first-order valence-electron chi connectivity index (χ1n) is 3.19. The summed E-state index contributed by atoms with van der Waals surface area (Å²) in [5.74, 6) is 0. The molecule has 1 aliphatic heterocycles. The van der Waals surface area contributed by atoms with Gasteiger partial charge in [-0.3, -0.25) is 0 Å². The van der Waals surface area contributed by atoms with Gasteiger partial charge in [-0.25, -0.2) is 4.79 Å². The Hall–Kier alpha value is -1.28. The summed E-state index contributed by atoms with van der Waals surface area (Å²) in [4.78, 5) is 10.2. The van der Waals surface area contributed by atoms with Crippen molar-refractivity contribution in [3.63, 3.8) is 0 Å². The molecule has 1 saturated heterocycles. The van der Waals surface area contributed by atoms with Crippen molar-refractivity contribution in [2.45, 2.75) is 12.0 Å². The summed E-state index contributed by atoms with van der Waals surface area (Å²) in [5, 5.41) is 19.1. The topological polar surface area (TPSA) is 82.4 Å². The average Bonchev–Trinajstić information content (AvgIpc) is 2.36. The van der Waals surface area contributed by atoms with Crippen LogP contribution in [0, 0.1) is 11.3 Å². The highest BCUT2D eigenvalue weighted by Crippen LogP contribution is 2.16. The van der Waals surface area contributed by atoms with Gasteiger partial charge in [-0.05, 0) is 0 Å². The lowest BCUT2D eigenvalue weighted by molar-refractivity contribution is 0.164. The molecule has 11 heavy (non-hydrogen) atoms. The molecule has 1 fully saturated rings. The van der Waals surface area contributed by atoms with Crippen LogP contribution >= 0.6 is 0 Å². The fourth-order valence-electron chi connectivity index (χ4n) is 0.984. The quantitative estimate of drug-likeness (QED) is 0.557. The van der Waals surface area contributed by atoms with E-state index in [0.29, 0.717) is 13.0 Å². The SMILES string of the molecule is N#CC1(NC(=O)O)CCOC1. The summed E-state index contributed by atoms with van der Waals surface area (Å²) in [7, 11) is 0. The molecule has 1 aliphatic rings. The summed E-state index contributed by atoms with van der Waals surface area (Å²) < 4.78 is 4.90. The van der Waals surface area contributed by atoms with E-state index < -0.39 is 11.6 Å². The van der Waals surface area contributed by atoms with Crippen LogP contribution in [0.2, 0.25) is 0 Å². The number of nitrogens with one attached hydrogen (secondary N) is 1. The molecule has 0 aromatic carbocycles. The van der Waals surface area contributed by atoms with Gasteiger partial charge in [-0.1, -0.05) is 0 Å². The van der Waals surface area contributed by atoms with Crippen molar-refractivity contribution in [3.8, 4) is 6.07 Å². The fraction of sp³-hybridized carbons (Fsp3) is 0.667. The van der Waals surface area contributed by atoms with E-state index in [2.05, 4.69) is 5.32 Å². The van der Waals surface area contributed by atoms with Crippen molar-refractivity contribution in [3.05, 3.63) is 0 Å². The lowest BCUT2D eigenvalue weighted by Gasteiger charge is -2.17. The Morgan fingerprint density at radius 2 is 2.55 bits per heavy atom. The van der Waals surface area contributed by atoms with Crippen molar-refractivity contribution < 1.29 is 14.6 Å². The first kappa shape index (κ1) is 7.82. The Morgan fingerprint density at radius 3 is 2.91 bits per heavy atom. The largest absolute Gasteiger partial charge is 0.465 e. The number of rotatable bonds is 1. The average molecular weight is 156 g/mol. The van der Waals surface area contributed by atoms with E-state index in [1.54, 1.807) is 0 Å². The molecule has 0 aromatic rings. The number of nitriles is 1. The van der Waals surface area contributed by atoms with Gasteiger partial charge in [0.1, 0.15) is 0 Å². The van der Waals surface area contributed by atoms with Crippen molar-refractivity contribution in [2.24, 2.45) is 0 Å². The minimum absolute atomic E-state index is 0.149. The van der Waals surface area contributed by atoms with Gasteiger partial charge in [0, 0.05) is 6.42 Å². The fourth-order valence-corrected chi connectivity index (χ4v) is 0.984. The Balaban J connectivity index is 2.61. The number of amides is 1. The lowest BCUT2D eigenvalue weighted by Crippen LogP contribution is -2.47. The smallest absolute Gasteiger partial charge is 0.406 e. The minimum atomic E-state index is -1.18. The second-order valence-corrected chi connectivity index (χ2v) is 2.43. The third-order valence-electron chi connectivity index (χ3n) is 1.58. The Kier molecular flexibility index (Phi) is 1.96. The van der Waals surface area contributed by atoms with Gasteiger partial charge in [0.2, 0.25) is 0 Å². The maximum absolute atomic E-state index is 10.2. The molecule has 1 atom stereocenters. The molecule has 1 amide bonds. The van der Waals surface area contributed by atoms with Crippen LogP contribution in [0.4, 0.5) is 4.79 Å². The maximum Gasteiger partial charge on any atom is 0.406 e. The van der Waals surface area contributed by atoms with E-state index in [0.717, 1.165) is 0 Å². The lowest BCUT2D eigenvalue weighted by atomic mass is 10.0. The summed E-state index contributed by atoms with van der Waals surface area (Å²) in [6.07, 6.45) is -0.757. The van der Waals surface area contributed by atoms with E-state index in [1.807, 2.05) is 6.07 Å². The number of carbonyl (C=O) groups is 1. The number of carboxylic acid groups (broad SMARTS) is 1. The van der Waals surface area contributed by atoms with E-state index in [4.69, 9.17) is 15.1 Å². The molecule has 2 N–H and O–H groups in total. The van der Waals surface area contributed by atoms with E-state index in [1.165, 1.54) is 0 Å². The van der Waals surface area contributed by atoms with Crippen LogP contribution in [-0.4, -0.2) is 30.0 Å². The van der Waals surface area contributed by atoms with Crippen LogP contribution in [0.15, 0.2) is 0 Å². The van der Waals surface area contributed by atoms with Gasteiger partial charge >= 0.3 is 6.09 Å². The molecule has 0 aliphatic carbocycles. The zero-order chi connectivity index (χ0) is 8.32. The second kappa shape index (κ2) is 2.76. The number of nitrogens with zero attached hydrogens (tertiary/aromatic N) is 1. The summed E-state index contributed by atoms with van der Waals surface area (Å²) in [5.41, 5.74) is -1.01. The van der Waals surface area contributed by atoms with Gasteiger partial charge in [-0.2, -0.15) is 5.26 Å². The Bertz CT molecular complexity index is 202. The number of ether oxygens (including phenoxy) is 1. The molecule has 0 bridgehead atoms. The summed E-state index contributed by atoms with van der Waals surface area (Å²) >= 11 is 0. The normalized spacial score (nSPS) is 29.4. The Labute approximate surface area is 63.6 Å². The summed E-state index contributed by atoms with van der Waals surface area (Å²) in [6.45, 7) is 0.587. The van der Waals surface area contributed by atoms with Crippen LogP contribution in [0.25, 0.3) is 0 Å². The van der Waals surface area contributed by atoms with Gasteiger partial charge in [0.05, 0.1) is 19.3 Å². The Morgan fingerprint density at radius 1 is 1.82 bits per heavy atom. The number of hydrogen-bond acceptors (Lipinski definition) is 3. The number of hydrogen-bond donors (Lipinski definition) is 2. The molecule has 60 valence electrons. The molecule has 1 heterocycles. The predicted molar refractivity (Wildman–Crippen MR) is 34.9 cm³/mol.